The zero-order valence-corrected chi connectivity index (χ0v) is 11.1. The molecule has 18 heavy (non-hydrogen) atoms. The molecule has 0 N–H and O–H groups in total. The molecule has 4 heteroatoms. The van der Waals surface area contributed by atoms with Gasteiger partial charge in [0.15, 0.2) is 6.10 Å². The lowest BCUT2D eigenvalue weighted by atomic mass is 10.2. The summed E-state index contributed by atoms with van der Waals surface area (Å²) >= 11 is 0. The van der Waals surface area contributed by atoms with Gasteiger partial charge in [-0.2, -0.15) is 0 Å². The first kappa shape index (κ1) is 14.5. The van der Waals surface area contributed by atoms with Crippen LogP contribution >= 0.6 is 0 Å². The van der Waals surface area contributed by atoms with Gasteiger partial charge in [0.25, 0.3) is 0 Å². The molecule has 1 aromatic carbocycles. The van der Waals surface area contributed by atoms with E-state index in [4.69, 9.17) is 14.2 Å². The van der Waals surface area contributed by atoms with Crippen LogP contribution in [0.2, 0.25) is 0 Å². The summed E-state index contributed by atoms with van der Waals surface area (Å²) < 4.78 is 15.8. The minimum atomic E-state index is -0.372. The molecular formula is C14H20O4. The first-order valence-corrected chi connectivity index (χ1v) is 6.03. The Bertz CT molecular complexity index is 359. The smallest absolute Gasteiger partial charge is 0.305 e. The van der Waals surface area contributed by atoms with E-state index in [2.05, 4.69) is 0 Å². The maximum atomic E-state index is 11.2. The summed E-state index contributed by atoms with van der Waals surface area (Å²) in [5.74, 6) is 0.513. The molecule has 0 spiro atoms. The largest absolute Gasteiger partial charge is 0.490 e. The second kappa shape index (κ2) is 7.71. The van der Waals surface area contributed by atoms with E-state index < -0.39 is 0 Å². The summed E-state index contributed by atoms with van der Waals surface area (Å²) in [5.41, 5.74) is 1.17. The van der Waals surface area contributed by atoms with Crippen LogP contribution in [-0.2, 0) is 14.3 Å². The van der Waals surface area contributed by atoms with Crippen LogP contribution in [0.15, 0.2) is 24.3 Å². The van der Waals surface area contributed by atoms with Crippen molar-refractivity contribution in [2.45, 2.75) is 26.4 Å². The third-order valence-corrected chi connectivity index (χ3v) is 2.40. The lowest BCUT2D eigenvalue weighted by Gasteiger charge is -2.17. The number of rotatable bonds is 7. The molecule has 0 aliphatic rings. The average molecular weight is 252 g/mol. The maximum absolute atomic E-state index is 11.2. The molecule has 0 bridgehead atoms. The number of carbonyl (C=O) groups excluding carboxylic acids is 1. The molecule has 0 aromatic heterocycles. The Morgan fingerprint density at radius 1 is 1.22 bits per heavy atom. The van der Waals surface area contributed by atoms with Crippen molar-refractivity contribution in [2.24, 2.45) is 0 Å². The lowest BCUT2D eigenvalue weighted by molar-refractivity contribution is -0.153. The van der Waals surface area contributed by atoms with Crippen LogP contribution in [-0.4, -0.2) is 32.4 Å². The Morgan fingerprint density at radius 3 is 2.44 bits per heavy atom. The van der Waals surface area contributed by atoms with Gasteiger partial charge in [-0.3, -0.25) is 4.79 Å². The molecule has 0 saturated heterocycles. The van der Waals surface area contributed by atoms with Crippen molar-refractivity contribution < 1.29 is 19.0 Å². The number of aryl methyl sites for hydroxylation is 1. The Kier molecular flexibility index (Phi) is 6.22. The summed E-state index contributed by atoms with van der Waals surface area (Å²) in [6, 6.07) is 7.72. The Morgan fingerprint density at radius 2 is 1.89 bits per heavy atom. The zero-order valence-electron chi connectivity index (χ0n) is 11.1. The highest BCUT2D eigenvalue weighted by Crippen LogP contribution is 2.12. The number of benzene rings is 1. The second-order valence-corrected chi connectivity index (χ2v) is 4.04. The first-order chi connectivity index (χ1) is 8.65. The van der Waals surface area contributed by atoms with Crippen LogP contribution in [0.4, 0.5) is 0 Å². The summed E-state index contributed by atoms with van der Waals surface area (Å²) in [6.07, 6.45) is -0.0196. The molecule has 0 radical (unpaired) electrons. The van der Waals surface area contributed by atoms with Crippen molar-refractivity contribution in [3.63, 3.8) is 0 Å². The number of esters is 1. The van der Waals surface area contributed by atoms with Gasteiger partial charge in [0.2, 0.25) is 0 Å². The van der Waals surface area contributed by atoms with Gasteiger partial charge in [-0.25, -0.2) is 0 Å². The summed E-state index contributed by atoms with van der Waals surface area (Å²) in [4.78, 5) is 11.2. The summed E-state index contributed by atoms with van der Waals surface area (Å²) in [6.45, 7) is 4.40. The third kappa shape index (κ3) is 5.19. The fourth-order valence-corrected chi connectivity index (χ4v) is 1.39. The number of hydrogen-bond donors (Lipinski definition) is 0. The molecule has 0 aliphatic heterocycles. The van der Waals surface area contributed by atoms with Crippen molar-refractivity contribution >= 4 is 5.97 Å². The van der Waals surface area contributed by atoms with E-state index in [9.17, 15) is 4.79 Å². The third-order valence-electron chi connectivity index (χ3n) is 2.40. The van der Waals surface area contributed by atoms with E-state index in [-0.39, 0.29) is 12.1 Å². The van der Waals surface area contributed by atoms with Gasteiger partial charge >= 0.3 is 5.97 Å². The Hall–Kier alpha value is -1.55. The maximum Gasteiger partial charge on any atom is 0.305 e. The van der Waals surface area contributed by atoms with E-state index in [1.165, 1.54) is 5.56 Å². The fourth-order valence-electron chi connectivity index (χ4n) is 1.39. The molecule has 0 amide bonds. The Labute approximate surface area is 108 Å². The van der Waals surface area contributed by atoms with Crippen molar-refractivity contribution in [1.82, 2.24) is 0 Å². The number of carbonyl (C=O) groups is 1. The fraction of sp³-hybridized carbons (Fsp3) is 0.500. The van der Waals surface area contributed by atoms with Gasteiger partial charge in [0.1, 0.15) is 12.4 Å². The topological polar surface area (TPSA) is 44.8 Å². The molecule has 1 rings (SSSR count). The molecule has 0 saturated carbocycles. The zero-order chi connectivity index (χ0) is 13.4. The quantitative estimate of drug-likeness (QED) is 0.699. The molecule has 0 heterocycles. The molecular weight excluding hydrogens is 232 g/mol. The normalized spacial score (nSPS) is 11.9. The molecule has 1 aromatic rings. The van der Waals surface area contributed by atoms with E-state index in [0.717, 1.165) is 5.75 Å². The van der Waals surface area contributed by atoms with Gasteiger partial charge < -0.3 is 14.2 Å². The summed E-state index contributed by atoms with van der Waals surface area (Å²) in [5, 5.41) is 0. The summed E-state index contributed by atoms with van der Waals surface area (Å²) in [7, 11) is 1.57. The van der Waals surface area contributed by atoms with Crippen molar-refractivity contribution in [2.75, 3.05) is 20.3 Å². The SMILES string of the molecule is CCC(=O)O[C@H](COC)COc1ccc(C)cc1. The molecule has 0 aliphatic carbocycles. The van der Waals surface area contributed by atoms with Crippen LogP contribution in [0.5, 0.6) is 5.75 Å². The highest BCUT2D eigenvalue weighted by Gasteiger charge is 2.14. The van der Waals surface area contributed by atoms with Gasteiger partial charge in [0, 0.05) is 13.5 Å². The predicted molar refractivity (Wildman–Crippen MR) is 68.7 cm³/mol. The number of ether oxygens (including phenoxy) is 3. The highest BCUT2D eigenvalue weighted by atomic mass is 16.6. The monoisotopic (exact) mass is 252 g/mol. The van der Waals surface area contributed by atoms with Crippen LogP contribution in [0.1, 0.15) is 18.9 Å². The molecule has 0 unspecified atom stereocenters. The minimum absolute atomic E-state index is 0.246. The van der Waals surface area contributed by atoms with E-state index >= 15 is 0 Å². The van der Waals surface area contributed by atoms with Crippen LogP contribution in [0, 0.1) is 6.92 Å². The Balaban J connectivity index is 2.45. The van der Waals surface area contributed by atoms with E-state index in [1.54, 1.807) is 14.0 Å². The minimum Gasteiger partial charge on any atom is -0.490 e. The second-order valence-electron chi connectivity index (χ2n) is 4.04. The van der Waals surface area contributed by atoms with Crippen molar-refractivity contribution in [3.05, 3.63) is 29.8 Å². The molecule has 0 fully saturated rings. The van der Waals surface area contributed by atoms with E-state index in [0.29, 0.717) is 19.6 Å². The first-order valence-electron chi connectivity index (χ1n) is 6.03. The van der Waals surface area contributed by atoms with Gasteiger partial charge in [-0.15, -0.1) is 0 Å². The predicted octanol–water partition coefficient (Wildman–Crippen LogP) is 2.34. The number of hydrogen-bond acceptors (Lipinski definition) is 4. The van der Waals surface area contributed by atoms with E-state index in [1.807, 2.05) is 31.2 Å². The van der Waals surface area contributed by atoms with Crippen LogP contribution in [0.3, 0.4) is 0 Å². The van der Waals surface area contributed by atoms with Crippen LogP contribution in [0.25, 0.3) is 0 Å². The van der Waals surface area contributed by atoms with Gasteiger partial charge in [-0.1, -0.05) is 24.6 Å². The highest BCUT2D eigenvalue weighted by molar-refractivity contribution is 5.69. The van der Waals surface area contributed by atoms with Crippen LogP contribution < -0.4 is 4.74 Å². The lowest BCUT2D eigenvalue weighted by Crippen LogP contribution is -2.29. The van der Waals surface area contributed by atoms with Gasteiger partial charge in [0.05, 0.1) is 6.61 Å². The molecule has 1 atom stereocenters. The molecule has 4 nitrogen and oxygen atoms in total. The molecule has 100 valence electrons. The van der Waals surface area contributed by atoms with Crippen molar-refractivity contribution in [3.8, 4) is 5.75 Å². The average Bonchev–Trinajstić information content (AvgIpc) is 2.38. The van der Waals surface area contributed by atoms with Gasteiger partial charge in [-0.05, 0) is 19.1 Å². The number of methoxy groups -OCH3 is 1. The standard InChI is InChI=1S/C14H20O4/c1-4-14(15)18-13(9-16-3)10-17-12-7-5-11(2)6-8-12/h5-8,13H,4,9-10H2,1-3H3/t13-/m1/s1. The van der Waals surface area contributed by atoms with Crippen molar-refractivity contribution in [1.29, 1.82) is 0 Å².